The smallest absolute Gasteiger partial charge is 0.188 e. The normalized spacial score (nSPS) is 10.8. The highest BCUT2D eigenvalue weighted by atomic mass is 35.5. The molecule has 0 saturated carbocycles. The molecule has 1 aromatic heterocycles. The van der Waals surface area contributed by atoms with Gasteiger partial charge in [-0.1, -0.05) is 29.3 Å². The summed E-state index contributed by atoms with van der Waals surface area (Å²) in [6, 6.07) is 5.53. The second-order valence-electron chi connectivity index (χ2n) is 3.86. The maximum Gasteiger partial charge on any atom is 0.188 e. The highest BCUT2D eigenvalue weighted by Gasteiger charge is 2.02. The van der Waals surface area contributed by atoms with Crippen molar-refractivity contribution in [1.29, 1.82) is 0 Å². The lowest BCUT2D eigenvalue weighted by atomic mass is 10.1. The molecule has 0 amide bonds. The molecule has 1 heterocycles. The van der Waals surface area contributed by atoms with Crippen LogP contribution in [0.25, 0.3) is 0 Å². The van der Waals surface area contributed by atoms with E-state index >= 15 is 0 Å². The monoisotopic (exact) mass is 285 g/mol. The minimum absolute atomic E-state index is 0.596. The number of nitrogens with zero attached hydrogens (tertiary/aromatic N) is 4. The first-order valence-electron chi connectivity index (χ1n) is 5.52. The van der Waals surface area contributed by atoms with E-state index in [0.717, 1.165) is 18.5 Å². The molecule has 1 N–H and O–H groups in total. The van der Waals surface area contributed by atoms with Crippen LogP contribution in [0.4, 0.5) is 0 Å². The van der Waals surface area contributed by atoms with E-state index in [0.29, 0.717) is 22.4 Å². The van der Waals surface area contributed by atoms with Gasteiger partial charge in [0.05, 0.1) is 13.6 Å². The average Bonchev–Trinajstić information content (AvgIpc) is 2.73. The Morgan fingerprint density at radius 1 is 1.33 bits per heavy atom. The number of hydrogen-bond donors (Lipinski definition) is 1. The van der Waals surface area contributed by atoms with Crippen LogP contribution in [0.3, 0.4) is 0 Å². The molecule has 2 rings (SSSR count). The molecular weight excluding hydrogens is 273 g/mol. The molecule has 7 heteroatoms. The van der Waals surface area contributed by atoms with Crippen molar-refractivity contribution in [3.8, 4) is 0 Å². The lowest BCUT2D eigenvalue weighted by molar-refractivity contribution is 0.619. The lowest BCUT2D eigenvalue weighted by Crippen LogP contribution is -2.17. The molecule has 0 aliphatic heterocycles. The Morgan fingerprint density at radius 3 is 2.83 bits per heavy atom. The Labute approximate surface area is 115 Å². The van der Waals surface area contributed by atoms with Gasteiger partial charge in [-0.15, -0.1) is 10.2 Å². The molecule has 5 nitrogen and oxygen atoms in total. The Morgan fingerprint density at radius 2 is 2.17 bits per heavy atom. The average molecular weight is 286 g/mol. The van der Waals surface area contributed by atoms with Crippen molar-refractivity contribution in [3.63, 3.8) is 0 Å². The van der Waals surface area contributed by atoms with Crippen molar-refractivity contribution in [2.45, 2.75) is 13.0 Å². The Kier molecular flexibility index (Phi) is 4.52. The zero-order valence-corrected chi connectivity index (χ0v) is 11.4. The second-order valence-corrected chi connectivity index (χ2v) is 4.70. The molecule has 0 fully saturated rings. The van der Waals surface area contributed by atoms with E-state index in [4.69, 9.17) is 23.2 Å². The first kappa shape index (κ1) is 13.3. The van der Waals surface area contributed by atoms with E-state index in [9.17, 15) is 0 Å². The molecule has 0 aliphatic rings. The second kappa shape index (κ2) is 6.13. The highest BCUT2D eigenvalue weighted by Crippen LogP contribution is 2.20. The number of rotatable bonds is 5. The highest BCUT2D eigenvalue weighted by molar-refractivity contribution is 6.35. The number of halogens is 2. The van der Waals surface area contributed by atoms with Crippen molar-refractivity contribution in [3.05, 3.63) is 39.6 Å². The van der Waals surface area contributed by atoms with Crippen LogP contribution in [0.2, 0.25) is 10.0 Å². The molecule has 0 aliphatic carbocycles. The Bertz CT molecular complexity index is 526. The molecule has 96 valence electrons. The van der Waals surface area contributed by atoms with Crippen LogP contribution in [-0.2, 0) is 20.0 Å². The zero-order valence-electron chi connectivity index (χ0n) is 9.90. The molecule has 18 heavy (non-hydrogen) atoms. The summed E-state index contributed by atoms with van der Waals surface area (Å²) < 4.78 is 0. The van der Waals surface area contributed by atoms with E-state index in [-0.39, 0.29) is 0 Å². The molecule has 0 radical (unpaired) electrons. The van der Waals surface area contributed by atoms with Crippen LogP contribution >= 0.6 is 23.2 Å². The topological polar surface area (TPSA) is 55.6 Å². The number of hydrogen-bond acceptors (Lipinski definition) is 4. The molecule has 0 unspecified atom stereocenters. The zero-order chi connectivity index (χ0) is 13.0. The summed E-state index contributed by atoms with van der Waals surface area (Å²) in [7, 11) is 1.74. The SMILES string of the molecule is Cn1nnc(CNCCc2ccc(Cl)cc2Cl)n1. The summed E-state index contributed by atoms with van der Waals surface area (Å²) in [6.07, 6.45) is 0.830. The fourth-order valence-electron chi connectivity index (χ4n) is 1.54. The molecule has 0 saturated heterocycles. The summed E-state index contributed by atoms with van der Waals surface area (Å²) in [5.41, 5.74) is 1.07. The van der Waals surface area contributed by atoms with E-state index in [2.05, 4.69) is 20.7 Å². The van der Waals surface area contributed by atoms with Gasteiger partial charge < -0.3 is 5.32 Å². The van der Waals surface area contributed by atoms with Gasteiger partial charge in [-0.25, -0.2) is 0 Å². The van der Waals surface area contributed by atoms with E-state index in [1.54, 1.807) is 13.1 Å². The van der Waals surface area contributed by atoms with Crippen molar-refractivity contribution < 1.29 is 0 Å². The Balaban J connectivity index is 1.78. The van der Waals surface area contributed by atoms with E-state index in [1.165, 1.54) is 4.80 Å². The summed E-state index contributed by atoms with van der Waals surface area (Å²) >= 11 is 11.9. The van der Waals surface area contributed by atoms with Crippen LogP contribution in [0, 0.1) is 0 Å². The fraction of sp³-hybridized carbons (Fsp3) is 0.364. The van der Waals surface area contributed by atoms with Gasteiger partial charge in [0.1, 0.15) is 0 Å². The minimum atomic E-state index is 0.596. The van der Waals surface area contributed by atoms with Crippen molar-refractivity contribution in [1.82, 2.24) is 25.5 Å². The van der Waals surface area contributed by atoms with Gasteiger partial charge in [0, 0.05) is 10.0 Å². The molecular formula is C11H13Cl2N5. The third-order valence-corrected chi connectivity index (χ3v) is 3.01. The third-order valence-electron chi connectivity index (χ3n) is 2.42. The predicted octanol–water partition coefficient (Wildman–Crippen LogP) is 1.85. The molecule has 1 aromatic carbocycles. The number of benzene rings is 1. The van der Waals surface area contributed by atoms with Crippen LogP contribution in [0.1, 0.15) is 11.4 Å². The maximum absolute atomic E-state index is 6.08. The van der Waals surface area contributed by atoms with Crippen LogP contribution < -0.4 is 5.32 Å². The quantitative estimate of drug-likeness (QED) is 0.852. The molecule has 0 bridgehead atoms. The summed E-state index contributed by atoms with van der Waals surface area (Å²) in [5, 5.41) is 16.3. The van der Waals surface area contributed by atoms with Crippen molar-refractivity contribution in [2.24, 2.45) is 7.05 Å². The van der Waals surface area contributed by atoms with Gasteiger partial charge in [-0.05, 0) is 35.9 Å². The van der Waals surface area contributed by atoms with E-state index in [1.807, 2.05) is 12.1 Å². The fourth-order valence-corrected chi connectivity index (χ4v) is 2.04. The first-order valence-corrected chi connectivity index (χ1v) is 6.28. The van der Waals surface area contributed by atoms with Crippen molar-refractivity contribution >= 4 is 23.2 Å². The Hall–Kier alpha value is -1.17. The van der Waals surface area contributed by atoms with Gasteiger partial charge >= 0.3 is 0 Å². The van der Waals surface area contributed by atoms with Crippen LogP contribution in [0.15, 0.2) is 18.2 Å². The molecule has 0 atom stereocenters. The number of tetrazole rings is 1. The van der Waals surface area contributed by atoms with Gasteiger partial charge in [0.2, 0.25) is 0 Å². The molecule has 0 spiro atoms. The number of nitrogens with one attached hydrogen (secondary N) is 1. The summed E-state index contributed by atoms with van der Waals surface area (Å²) in [5.74, 6) is 0.680. The standard InChI is InChI=1S/C11H13Cl2N5/c1-18-16-11(15-17-18)7-14-5-4-8-2-3-9(12)6-10(8)13/h2-3,6,14H,4-5,7H2,1H3. The van der Waals surface area contributed by atoms with Crippen molar-refractivity contribution in [2.75, 3.05) is 6.54 Å². The third kappa shape index (κ3) is 3.66. The lowest BCUT2D eigenvalue weighted by Gasteiger charge is -2.05. The van der Waals surface area contributed by atoms with Crippen LogP contribution in [-0.4, -0.2) is 26.8 Å². The van der Waals surface area contributed by atoms with Gasteiger partial charge in [-0.3, -0.25) is 0 Å². The molecule has 2 aromatic rings. The summed E-state index contributed by atoms with van der Waals surface area (Å²) in [6.45, 7) is 1.39. The largest absolute Gasteiger partial charge is 0.309 e. The number of aryl methyl sites for hydroxylation is 1. The van der Waals surface area contributed by atoms with Gasteiger partial charge in [-0.2, -0.15) is 4.80 Å². The summed E-state index contributed by atoms with van der Waals surface area (Å²) in [4.78, 5) is 1.44. The number of aromatic nitrogens is 4. The predicted molar refractivity (Wildman–Crippen MR) is 70.7 cm³/mol. The van der Waals surface area contributed by atoms with Gasteiger partial charge in [0.15, 0.2) is 5.82 Å². The van der Waals surface area contributed by atoms with Crippen LogP contribution in [0.5, 0.6) is 0 Å². The van der Waals surface area contributed by atoms with E-state index < -0.39 is 0 Å². The first-order chi connectivity index (χ1) is 8.65. The minimum Gasteiger partial charge on any atom is -0.309 e. The van der Waals surface area contributed by atoms with Gasteiger partial charge in [0.25, 0.3) is 0 Å². The maximum atomic E-state index is 6.08.